The summed E-state index contributed by atoms with van der Waals surface area (Å²) in [5.74, 6) is 0. The molecule has 3 N–H and O–H groups in total. The predicted octanol–water partition coefficient (Wildman–Crippen LogP) is 2.20. The zero-order chi connectivity index (χ0) is 16.2. The fraction of sp³-hybridized carbons (Fsp3) is 0.667. The molecule has 0 spiro atoms. The molecule has 1 rings (SSSR count). The Bertz CT molecular complexity index is 473. The molecule has 0 aliphatic rings. The number of nitrogens with zero attached hydrogens (tertiary/aromatic N) is 1. The van der Waals surface area contributed by atoms with E-state index in [1.54, 1.807) is 25.2 Å². The molecule has 0 aliphatic heterocycles. The van der Waals surface area contributed by atoms with Crippen LogP contribution in [0.2, 0.25) is 0 Å². The Labute approximate surface area is 130 Å². The number of rotatable bonds is 6. The lowest BCUT2D eigenvalue weighted by molar-refractivity contribution is 0.0926. The largest absolute Gasteiger partial charge is 0.394 e. The Kier molecular flexibility index (Phi) is 6.64. The van der Waals surface area contributed by atoms with Crippen LogP contribution in [-0.2, 0) is 0 Å². The highest BCUT2D eigenvalue weighted by atomic mass is 32.1. The third-order valence-corrected chi connectivity index (χ3v) is 4.39. The van der Waals surface area contributed by atoms with Gasteiger partial charge in [0, 0.05) is 16.3 Å². The quantitative estimate of drug-likeness (QED) is 0.754. The highest BCUT2D eigenvalue weighted by Crippen LogP contribution is 2.26. The first-order chi connectivity index (χ1) is 9.76. The molecular weight excluding hydrogens is 288 g/mol. The molecule has 6 heteroatoms. The maximum absolute atomic E-state index is 12.4. The van der Waals surface area contributed by atoms with Gasteiger partial charge in [0.1, 0.15) is 0 Å². The van der Waals surface area contributed by atoms with Gasteiger partial charge in [0.25, 0.3) is 0 Å². The molecule has 0 fully saturated rings. The van der Waals surface area contributed by atoms with E-state index < -0.39 is 6.10 Å². The third-order valence-electron chi connectivity index (χ3n) is 3.40. The van der Waals surface area contributed by atoms with Gasteiger partial charge in [0.05, 0.1) is 24.8 Å². The van der Waals surface area contributed by atoms with Crippen LogP contribution < -0.4 is 5.32 Å². The number of hydrogen-bond donors (Lipinski definition) is 3. The summed E-state index contributed by atoms with van der Waals surface area (Å²) in [7, 11) is 0. The van der Waals surface area contributed by atoms with Crippen molar-refractivity contribution in [1.29, 1.82) is 0 Å². The SMILES string of the molecule is Cc1cc([C@H](C)NC(=O)N(C[C@@H](C)O)[C@@H](C)CO)c(C)s1. The number of thiophene rings is 1. The van der Waals surface area contributed by atoms with Gasteiger partial charge in [-0.15, -0.1) is 11.3 Å². The number of carbonyl (C=O) groups excluding carboxylic acids is 1. The second-order valence-corrected chi connectivity index (χ2v) is 7.03. The van der Waals surface area contributed by atoms with Crippen LogP contribution in [0.25, 0.3) is 0 Å². The van der Waals surface area contributed by atoms with Crippen LogP contribution >= 0.6 is 11.3 Å². The van der Waals surface area contributed by atoms with Gasteiger partial charge in [0.2, 0.25) is 0 Å². The zero-order valence-electron chi connectivity index (χ0n) is 13.4. The lowest BCUT2D eigenvalue weighted by Gasteiger charge is -2.30. The van der Waals surface area contributed by atoms with E-state index in [0.717, 1.165) is 5.56 Å². The second kappa shape index (κ2) is 7.77. The molecule has 0 saturated heterocycles. The number of aliphatic hydroxyl groups is 2. The minimum atomic E-state index is -0.634. The summed E-state index contributed by atoms with van der Waals surface area (Å²) in [6, 6.07) is 1.37. The van der Waals surface area contributed by atoms with E-state index in [4.69, 9.17) is 0 Å². The highest BCUT2D eigenvalue weighted by Gasteiger charge is 2.23. The van der Waals surface area contributed by atoms with Gasteiger partial charge in [-0.1, -0.05) is 0 Å². The Morgan fingerprint density at radius 2 is 2.00 bits per heavy atom. The van der Waals surface area contributed by atoms with Gasteiger partial charge < -0.3 is 20.4 Å². The highest BCUT2D eigenvalue weighted by molar-refractivity contribution is 7.12. The van der Waals surface area contributed by atoms with Crippen molar-refractivity contribution in [2.24, 2.45) is 0 Å². The summed E-state index contributed by atoms with van der Waals surface area (Å²) in [6.07, 6.45) is -0.634. The lowest BCUT2D eigenvalue weighted by atomic mass is 10.1. The first kappa shape index (κ1) is 17.9. The monoisotopic (exact) mass is 314 g/mol. The molecule has 0 saturated carbocycles. The van der Waals surface area contributed by atoms with Gasteiger partial charge >= 0.3 is 6.03 Å². The zero-order valence-corrected chi connectivity index (χ0v) is 14.2. The Balaban J connectivity index is 2.78. The minimum Gasteiger partial charge on any atom is -0.394 e. The first-order valence-electron chi connectivity index (χ1n) is 7.19. The number of carbonyl (C=O) groups is 1. The summed E-state index contributed by atoms with van der Waals surface area (Å²) < 4.78 is 0. The van der Waals surface area contributed by atoms with Crippen LogP contribution in [0, 0.1) is 13.8 Å². The molecule has 0 aromatic carbocycles. The minimum absolute atomic E-state index is 0.107. The number of amides is 2. The average Bonchev–Trinajstić information content (AvgIpc) is 2.73. The van der Waals surface area contributed by atoms with Crippen molar-refractivity contribution in [3.63, 3.8) is 0 Å². The van der Waals surface area contributed by atoms with Crippen molar-refractivity contribution in [1.82, 2.24) is 10.2 Å². The van der Waals surface area contributed by atoms with Gasteiger partial charge in [0.15, 0.2) is 0 Å². The Morgan fingerprint density at radius 1 is 1.38 bits per heavy atom. The molecule has 0 aliphatic carbocycles. The molecular formula is C15H26N2O3S. The van der Waals surface area contributed by atoms with Crippen LogP contribution in [0.3, 0.4) is 0 Å². The molecule has 1 heterocycles. The molecule has 1 aromatic rings. The first-order valence-corrected chi connectivity index (χ1v) is 8.00. The van der Waals surface area contributed by atoms with Crippen molar-refractivity contribution in [3.8, 4) is 0 Å². The van der Waals surface area contributed by atoms with Crippen LogP contribution in [-0.4, -0.2) is 46.4 Å². The number of nitrogens with one attached hydrogen (secondary N) is 1. The van der Waals surface area contributed by atoms with Gasteiger partial charge in [-0.2, -0.15) is 0 Å². The van der Waals surface area contributed by atoms with Crippen molar-refractivity contribution in [2.45, 2.75) is 52.8 Å². The van der Waals surface area contributed by atoms with Gasteiger partial charge in [-0.05, 0) is 46.2 Å². The van der Waals surface area contributed by atoms with E-state index in [1.807, 2.05) is 20.8 Å². The van der Waals surface area contributed by atoms with Crippen molar-refractivity contribution in [3.05, 3.63) is 21.4 Å². The lowest BCUT2D eigenvalue weighted by Crippen LogP contribution is -2.49. The molecule has 2 amide bonds. The van der Waals surface area contributed by atoms with E-state index >= 15 is 0 Å². The van der Waals surface area contributed by atoms with Crippen molar-refractivity contribution in [2.75, 3.05) is 13.2 Å². The number of urea groups is 1. The molecule has 0 unspecified atom stereocenters. The fourth-order valence-corrected chi connectivity index (χ4v) is 3.29. The van der Waals surface area contributed by atoms with E-state index in [1.165, 1.54) is 14.7 Å². The van der Waals surface area contributed by atoms with Crippen LogP contribution in [0.4, 0.5) is 4.79 Å². The van der Waals surface area contributed by atoms with E-state index in [2.05, 4.69) is 11.4 Å². The van der Waals surface area contributed by atoms with Crippen LogP contribution in [0.15, 0.2) is 6.07 Å². The molecule has 5 nitrogen and oxygen atoms in total. The Hall–Kier alpha value is -1.11. The average molecular weight is 314 g/mol. The van der Waals surface area contributed by atoms with Crippen molar-refractivity contribution < 1.29 is 15.0 Å². The fourth-order valence-electron chi connectivity index (χ4n) is 2.27. The summed E-state index contributed by atoms with van der Waals surface area (Å²) >= 11 is 1.71. The normalized spacial score (nSPS) is 15.4. The van der Waals surface area contributed by atoms with Crippen LogP contribution in [0.5, 0.6) is 0 Å². The molecule has 21 heavy (non-hydrogen) atoms. The second-order valence-electron chi connectivity index (χ2n) is 5.57. The smallest absolute Gasteiger partial charge is 0.318 e. The predicted molar refractivity (Wildman–Crippen MR) is 85.7 cm³/mol. The van der Waals surface area contributed by atoms with Gasteiger partial charge in [-0.25, -0.2) is 4.79 Å². The summed E-state index contributed by atoms with van der Waals surface area (Å²) in [5, 5.41) is 21.7. The molecule has 0 bridgehead atoms. The number of aryl methyl sites for hydroxylation is 2. The van der Waals surface area contributed by atoms with Crippen molar-refractivity contribution >= 4 is 17.4 Å². The standard InChI is InChI=1S/C15H26N2O3S/c1-9(8-18)17(7-10(2)19)15(20)16-12(4)14-6-11(3)21-13(14)5/h6,9-10,12,18-19H,7-8H2,1-5H3,(H,16,20)/t9-,10+,12-/m0/s1. The maximum atomic E-state index is 12.4. The molecule has 3 atom stereocenters. The topological polar surface area (TPSA) is 72.8 Å². The van der Waals surface area contributed by atoms with E-state index in [0.29, 0.717) is 0 Å². The van der Waals surface area contributed by atoms with Gasteiger partial charge in [-0.3, -0.25) is 0 Å². The molecule has 0 radical (unpaired) electrons. The van der Waals surface area contributed by atoms with Crippen LogP contribution in [0.1, 0.15) is 42.1 Å². The Morgan fingerprint density at radius 3 is 2.43 bits per heavy atom. The van der Waals surface area contributed by atoms with E-state index in [-0.39, 0.29) is 31.3 Å². The number of hydrogen-bond acceptors (Lipinski definition) is 4. The van der Waals surface area contributed by atoms with E-state index in [9.17, 15) is 15.0 Å². The summed E-state index contributed by atoms with van der Waals surface area (Å²) in [5.41, 5.74) is 1.11. The maximum Gasteiger partial charge on any atom is 0.318 e. The molecule has 120 valence electrons. The number of aliphatic hydroxyl groups excluding tert-OH is 2. The summed E-state index contributed by atoms with van der Waals surface area (Å²) in [6.45, 7) is 9.47. The third kappa shape index (κ3) is 4.98. The molecule has 1 aromatic heterocycles. The summed E-state index contributed by atoms with van der Waals surface area (Å²) in [4.78, 5) is 16.3.